The molecule has 1 heterocycles. The maximum absolute atomic E-state index is 12.6. The van der Waals surface area contributed by atoms with Crippen molar-refractivity contribution in [3.63, 3.8) is 0 Å². The molecule has 0 fully saturated rings. The highest BCUT2D eigenvalue weighted by Crippen LogP contribution is 2.19. The summed E-state index contributed by atoms with van der Waals surface area (Å²) in [4.78, 5) is 12.5. The highest BCUT2D eigenvalue weighted by Gasteiger charge is 2.21. The normalized spacial score (nSPS) is 12.5. The van der Waals surface area contributed by atoms with Crippen LogP contribution < -0.4 is 10.6 Å². The zero-order valence-corrected chi connectivity index (χ0v) is 20.0. The quantitative estimate of drug-likeness (QED) is 0.475. The average Bonchev–Trinajstić information content (AvgIpc) is 3.35. The zero-order valence-electron chi connectivity index (χ0n) is 19.2. The highest BCUT2D eigenvalue weighted by atomic mass is 32.2. The van der Waals surface area contributed by atoms with E-state index in [9.17, 15) is 13.2 Å². The second-order valence-corrected chi connectivity index (χ2v) is 9.59. The Kier molecular flexibility index (Phi) is 8.24. The summed E-state index contributed by atoms with van der Waals surface area (Å²) in [5.41, 5.74) is 2.93. The van der Waals surface area contributed by atoms with Crippen molar-refractivity contribution in [2.24, 2.45) is 0 Å². The monoisotopic (exact) mass is 469 g/mol. The molecule has 0 spiro atoms. The largest absolute Gasteiger partial charge is 0.338 e. The molecule has 1 aromatic heterocycles. The van der Waals surface area contributed by atoms with E-state index in [1.165, 1.54) is 4.31 Å². The van der Waals surface area contributed by atoms with Crippen LogP contribution in [0.3, 0.4) is 0 Å². The molecule has 0 aliphatic rings. The summed E-state index contributed by atoms with van der Waals surface area (Å²) in [7, 11) is -3.49. The summed E-state index contributed by atoms with van der Waals surface area (Å²) in [6, 6.07) is 16.0. The fourth-order valence-electron chi connectivity index (χ4n) is 3.53. The summed E-state index contributed by atoms with van der Waals surface area (Å²) < 4.78 is 28.4. The third kappa shape index (κ3) is 6.21. The van der Waals surface area contributed by atoms with Crippen LogP contribution in [0.1, 0.15) is 37.9 Å². The van der Waals surface area contributed by atoms with Gasteiger partial charge in [-0.3, -0.25) is 0 Å². The van der Waals surface area contributed by atoms with Crippen LogP contribution in [0.15, 0.2) is 71.9 Å². The number of hydrogen-bond donors (Lipinski definition) is 2. The van der Waals surface area contributed by atoms with Gasteiger partial charge in [-0.25, -0.2) is 17.9 Å². The third-order valence-corrected chi connectivity index (χ3v) is 7.54. The molecule has 0 saturated carbocycles. The van der Waals surface area contributed by atoms with Gasteiger partial charge in [-0.05, 0) is 54.8 Å². The number of benzene rings is 2. The number of urea groups is 1. The van der Waals surface area contributed by atoms with E-state index in [2.05, 4.69) is 15.7 Å². The van der Waals surface area contributed by atoms with Gasteiger partial charge in [0, 0.05) is 32.0 Å². The number of hydrogen-bond acceptors (Lipinski definition) is 4. The number of carbonyl (C=O) groups excluding carboxylic acids is 1. The van der Waals surface area contributed by atoms with E-state index < -0.39 is 10.0 Å². The summed E-state index contributed by atoms with van der Waals surface area (Å²) in [6.45, 7) is 6.84. The molecule has 3 aromatic rings. The van der Waals surface area contributed by atoms with Crippen molar-refractivity contribution in [3.8, 4) is 5.69 Å². The van der Waals surface area contributed by atoms with Crippen molar-refractivity contribution < 1.29 is 13.2 Å². The first kappa shape index (κ1) is 24.5. The van der Waals surface area contributed by atoms with Gasteiger partial charge in [0.05, 0.1) is 16.6 Å². The van der Waals surface area contributed by atoms with Crippen LogP contribution in [-0.2, 0) is 16.4 Å². The lowest BCUT2D eigenvalue weighted by Crippen LogP contribution is -2.38. The molecular formula is C24H31N5O3S. The van der Waals surface area contributed by atoms with E-state index in [0.717, 1.165) is 16.8 Å². The molecule has 2 amide bonds. The van der Waals surface area contributed by atoms with Gasteiger partial charge in [-0.15, -0.1) is 0 Å². The highest BCUT2D eigenvalue weighted by molar-refractivity contribution is 7.89. The first-order chi connectivity index (χ1) is 15.8. The van der Waals surface area contributed by atoms with Crippen LogP contribution in [0.25, 0.3) is 5.69 Å². The number of sulfonamides is 1. The fraction of sp³-hybridized carbons (Fsp3) is 0.333. The first-order valence-corrected chi connectivity index (χ1v) is 12.5. The molecule has 9 heteroatoms. The maximum Gasteiger partial charge on any atom is 0.315 e. The zero-order chi connectivity index (χ0) is 23.8. The average molecular weight is 470 g/mol. The molecule has 33 heavy (non-hydrogen) atoms. The van der Waals surface area contributed by atoms with E-state index in [1.54, 1.807) is 35.1 Å². The Morgan fingerprint density at radius 3 is 2.30 bits per heavy atom. The molecule has 8 nitrogen and oxygen atoms in total. The van der Waals surface area contributed by atoms with Gasteiger partial charge in [0.25, 0.3) is 0 Å². The van der Waals surface area contributed by atoms with Gasteiger partial charge in [0.15, 0.2) is 0 Å². The van der Waals surface area contributed by atoms with Crippen LogP contribution in [-0.4, -0.2) is 48.2 Å². The molecule has 1 atom stereocenters. The van der Waals surface area contributed by atoms with Crippen molar-refractivity contribution in [1.82, 2.24) is 24.7 Å². The van der Waals surface area contributed by atoms with E-state index in [1.807, 2.05) is 57.3 Å². The molecule has 0 radical (unpaired) electrons. The molecular weight excluding hydrogens is 438 g/mol. The molecule has 2 aromatic carbocycles. The molecule has 0 bridgehead atoms. The van der Waals surface area contributed by atoms with Gasteiger partial charge in [-0.1, -0.05) is 38.1 Å². The summed E-state index contributed by atoms with van der Waals surface area (Å²) in [5, 5.41) is 9.97. The minimum Gasteiger partial charge on any atom is -0.338 e. The van der Waals surface area contributed by atoms with Crippen LogP contribution >= 0.6 is 0 Å². The topological polar surface area (TPSA) is 96.3 Å². The Morgan fingerprint density at radius 1 is 1.06 bits per heavy atom. The summed E-state index contributed by atoms with van der Waals surface area (Å²) in [5.74, 6) is 0. The number of rotatable bonds is 10. The van der Waals surface area contributed by atoms with Gasteiger partial charge in [0.1, 0.15) is 0 Å². The van der Waals surface area contributed by atoms with E-state index in [-0.39, 0.29) is 17.0 Å². The fourth-order valence-corrected chi connectivity index (χ4v) is 4.99. The molecule has 0 aliphatic heterocycles. The van der Waals surface area contributed by atoms with Crippen LogP contribution in [0.2, 0.25) is 0 Å². The Balaban J connectivity index is 1.48. The lowest BCUT2D eigenvalue weighted by molar-refractivity contribution is 0.238. The van der Waals surface area contributed by atoms with Crippen molar-refractivity contribution in [2.75, 3.05) is 19.6 Å². The van der Waals surface area contributed by atoms with E-state index in [0.29, 0.717) is 26.1 Å². The maximum atomic E-state index is 12.6. The minimum atomic E-state index is -3.49. The van der Waals surface area contributed by atoms with Crippen molar-refractivity contribution in [1.29, 1.82) is 0 Å². The van der Waals surface area contributed by atoms with E-state index in [4.69, 9.17) is 0 Å². The Morgan fingerprint density at radius 2 is 1.73 bits per heavy atom. The number of nitrogens with zero attached hydrogens (tertiary/aromatic N) is 3. The lowest BCUT2D eigenvalue weighted by atomic mass is 10.1. The van der Waals surface area contributed by atoms with Gasteiger partial charge in [0.2, 0.25) is 10.0 Å². The summed E-state index contributed by atoms with van der Waals surface area (Å²) >= 11 is 0. The standard InChI is InChI=1S/C24H31N5O3S/c1-4-28(5-2)33(31,32)23-13-9-21(10-14-23)19(3)27-24(30)25-17-15-20-7-11-22(12-8-20)29-18-6-16-26-29/h6-14,16,18-19H,4-5,15,17H2,1-3H3,(H2,25,27,30). The summed E-state index contributed by atoms with van der Waals surface area (Å²) in [6.07, 6.45) is 4.33. The van der Waals surface area contributed by atoms with Crippen LogP contribution in [0.5, 0.6) is 0 Å². The predicted molar refractivity (Wildman–Crippen MR) is 129 cm³/mol. The van der Waals surface area contributed by atoms with Crippen molar-refractivity contribution >= 4 is 16.1 Å². The SMILES string of the molecule is CCN(CC)S(=O)(=O)c1ccc(C(C)NC(=O)NCCc2ccc(-n3cccn3)cc2)cc1. The second-order valence-electron chi connectivity index (χ2n) is 7.65. The molecule has 3 rings (SSSR count). The smallest absolute Gasteiger partial charge is 0.315 e. The molecule has 0 saturated heterocycles. The third-order valence-electron chi connectivity index (χ3n) is 5.48. The Bertz CT molecular complexity index is 1120. The number of amides is 2. The van der Waals surface area contributed by atoms with Gasteiger partial charge < -0.3 is 10.6 Å². The van der Waals surface area contributed by atoms with Crippen LogP contribution in [0, 0.1) is 0 Å². The number of aromatic nitrogens is 2. The minimum absolute atomic E-state index is 0.255. The Labute approximate surface area is 195 Å². The van der Waals surface area contributed by atoms with Crippen molar-refractivity contribution in [3.05, 3.63) is 78.1 Å². The van der Waals surface area contributed by atoms with Gasteiger partial charge in [-0.2, -0.15) is 9.40 Å². The Hall–Kier alpha value is -3.17. The number of nitrogens with one attached hydrogen (secondary N) is 2. The predicted octanol–water partition coefficient (Wildman–Crippen LogP) is 3.51. The van der Waals surface area contributed by atoms with Crippen molar-refractivity contribution in [2.45, 2.75) is 38.1 Å². The molecule has 0 aliphatic carbocycles. The first-order valence-electron chi connectivity index (χ1n) is 11.1. The van der Waals surface area contributed by atoms with Crippen LogP contribution in [0.4, 0.5) is 4.79 Å². The molecule has 176 valence electrons. The number of carbonyl (C=O) groups is 1. The molecule has 1 unspecified atom stereocenters. The van der Waals surface area contributed by atoms with E-state index >= 15 is 0 Å². The van der Waals surface area contributed by atoms with Gasteiger partial charge >= 0.3 is 6.03 Å². The lowest BCUT2D eigenvalue weighted by Gasteiger charge is -2.19. The second kappa shape index (κ2) is 11.1. The molecule has 2 N–H and O–H groups in total.